The van der Waals surface area contributed by atoms with E-state index in [0.717, 1.165) is 37.2 Å². The number of pyridine rings is 2. The molecule has 4 rings (SSSR count). The summed E-state index contributed by atoms with van der Waals surface area (Å²) in [4.78, 5) is 24.2. The van der Waals surface area contributed by atoms with Gasteiger partial charge in [0.1, 0.15) is 5.82 Å². The number of benzene rings is 1. The highest BCUT2D eigenvalue weighted by Gasteiger charge is 2.24. The van der Waals surface area contributed by atoms with Crippen molar-refractivity contribution in [3.8, 4) is 0 Å². The lowest BCUT2D eigenvalue weighted by molar-refractivity contribution is 0.0725. The fourth-order valence-electron chi connectivity index (χ4n) is 3.82. The summed E-state index contributed by atoms with van der Waals surface area (Å²) in [5.41, 5.74) is 3.77. The van der Waals surface area contributed by atoms with Crippen LogP contribution in [0.1, 0.15) is 52.5 Å². The van der Waals surface area contributed by atoms with Gasteiger partial charge in [0.05, 0.1) is 17.3 Å². The Hall–Kier alpha value is -3.21. The van der Waals surface area contributed by atoms with Crippen LogP contribution in [0, 0.1) is 6.92 Å². The molecule has 0 aliphatic carbocycles. The third kappa shape index (κ3) is 4.45. The van der Waals surface area contributed by atoms with Crippen molar-refractivity contribution in [2.75, 3.05) is 18.4 Å². The molecule has 3 heterocycles. The molecule has 1 aliphatic heterocycles. The van der Waals surface area contributed by atoms with E-state index < -0.39 is 0 Å². The SMILES string of the molecule is Cc1cccc(C(Nc2ncccc2C(=O)N2CCCCC2)c2ccccn2)c1. The van der Waals surface area contributed by atoms with E-state index in [2.05, 4.69) is 40.4 Å². The minimum Gasteiger partial charge on any atom is -0.357 e. The lowest BCUT2D eigenvalue weighted by Crippen LogP contribution is -2.36. The van der Waals surface area contributed by atoms with Crippen LogP contribution in [0.4, 0.5) is 5.82 Å². The number of hydrogen-bond acceptors (Lipinski definition) is 4. The fourth-order valence-corrected chi connectivity index (χ4v) is 3.82. The summed E-state index contributed by atoms with van der Waals surface area (Å²) in [6.45, 7) is 3.70. The van der Waals surface area contributed by atoms with Gasteiger partial charge in [-0.3, -0.25) is 9.78 Å². The zero-order valence-electron chi connectivity index (χ0n) is 16.7. The zero-order valence-corrected chi connectivity index (χ0v) is 16.7. The van der Waals surface area contributed by atoms with Gasteiger partial charge >= 0.3 is 0 Å². The van der Waals surface area contributed by atoms with Crippen molar-refractivity contribution < 1.29 is 4.79 Å². The number of hydrogen-bond donors (Lipinski definition) is 1. The number of nitrogens with zero attached hydrogens (tertiary/aromatic N) is 3. The largest absolute Gasteiger partial charge is 0.357 e. The van der Waals surface area contributed by atoms with Gasteiger partial charge < -0.3 is 10.2 Å². The molecule has 1 aliphatic rings. The molecule has 1 atom stereocenters. The van der Waals surface area contributed by atoms with Crippen molar-refractivity contribution in [3.63, 3.8) is 0 Å². The predicted octanol–water partition coefficient (Wildman–Crippen LogP) is 4.61. The predicted molar refractivity (Wildman–Crippen MR) is 115 cm³/mol. The maximum atomic E-state index is 13.2. The standard InChI is InChI=1S/C24H26N4O/c1-18-9-7-10-19(17-18)22(21-12-3-4-13-25-21)27-23-20(11-8-14-26-23)24(29)28-15-5-2-6-16-28/h3-4,7-14,17,22H,2,5-6,15-16H2,1H3,(H,26,27). The first-order valence-corrected chi connectivity index (χ1v) is 10.2. The minimum absolute atomic E-state index is 0.0457. The number of carbonyl (C=O) groups excluding carboxylic acids is 1. The summed E-state index contributed by atoms with van der Waals surface area (Å²) in [6, 6.07) is 17.7. The molecule has 0 saturated carbocycles. The molecule has 1 N–H and O–H groups in total. The summed E-state index contributed by atoms with van der Waals surface area (Å²) in [5.74, 6) is 0.643. The van der Waals surface area contributed by atoms with Crippen LogP contribution >= 0.6 is 0 Å². The van der Waals surface area contributed by atoms with Crippen molar-refractivity contribution in [2.24, 2.45) is 0 Å². The minimum atomic E-state index is -0.195. The van der Waals surface area contributed by atoms with Crippen LogP contribution in [-0.4, -0.2) is 33.9 Å². The number of rotatable bonds is 5. The van der Waals surface area contributed by atoms with Crippen molar-refractivity contribution in [2.45, 2.75) is 32.2 Å². The molecule has 1 aromatic carbocycles. The molecule has 29 heavy (non-hydrogen) atoms. The van der Waals surface area contributed by atoms with Crippen molar-refractivity contribution >= 4 is 11.7 Å². The average Bonchev–Trinajstić information content (AvgIpc) is 2.78. The first-order chi connectivity index (χ1) is 14.2. The number of aromatic nitrogens is 2. The lowest BCUT2D eigenvalue weighted by atomic mass is 10.0. The summed E-state index contributed by atoms with van der Waals surface area (Å²) in [5, 5.41) is 3.51. The summed E-state index contributed by atoms with van der Waals surface area (Å²) in [7, 11) is 0. The van der Waals surface area contributed by atoms with E-state index in [-0.39, 0.29) is 11.9 Å². The second-order valence-electron chi connectivity index (χ2n) is 7.50. The topological polar surface area (TPSA) is 58.1 Å². The Morgan fingerprint density at radius 3 is 2.55 bits per heavy atom. The smallest absolute Gasteiger partial charge is 0.257 e. The molecule has 5 heteroatoms. The molecule has 148 valence electrons. The Morgan fingerprint density at radius 1 is 0.966 bits per heavy atom. The molecule has 0 bridgehead atoms. The summed E-state index contributed by atoms with van der Waals surface area (Å²) in [6.07, 6.45) is 6.83. The highest BCUT2D eigenvalue weighted by molar-refractivity contribution is 5.98. The number of amides is 1. The Bertz CT molecular complexity index is 967. The second-order valence-corrected chi connectivity index (χ2v) is 7.50. The number of nitrogens with one attached hydrogen (secondary N) is 1. The third-order valence-electron chi connectivity index (χ3n) is 5.32. The van der Waals surface area contributed by atoms with E-state index in [0.29, 0.717) is 11.4 Å². The second kappa shape index (κ2) is 8.86. The van der Waals surface area contributed by atoms with Crippen LogP contribution < -0.4 is 5.32 Å². The van der Waals surface area contributed by atoms with Crippen LogP contribution in [0.15, 0.2) is 67.0 Å². The van der Waals surface area contributed by atoms with E-state index >= 15 is 0 Å². The van der Waals surface area contributed by atoms with Gasteiger partial charge in [-0.25, -0.2) is 4.98 Å². The van der Waals surface area contributed by atoms with E-state index in [1.807, 2.05) is 41.3 Å². The van der Waals surface area contributed by atoms with Gasteiger partial charge in [0.25, 0.3) is 5.91 Å². The van der Waals surface area contributed by atoms with E-state index in [1.54, 1.807) is 12.4 Å². The highest BCUT2D eigenvalue weighted by atomic mass is 16.2. The Balaban J connectivity index is 1.69. The first kappa shape index (κ1) is 19.1. The number of likely N-dealkylation sites (tertiary alicyclic amines) is 1. The van der Waals surface area contributed by atoms with E-state index in [4.69, 9.17) is 0 Å². The number of carbonyl (C=O) groups is 1. The first-order valence-electron chi connectivity index (χ1n) is 10.2. The van der Waals surface area contributed by atoms with Gasteiger partial charge in [0.15, 0.2) is 0 Å². The van der Waals surface area contributed by atoms with Crippen LogP contribution in [0.25, 0.3) is 0 Å². The van der Waals surface area contributed by atoms with Gasteiger partial charge in [-0.15, -0.1) is 0 Å². The molecular formula is C24H26N4O. The Labute approximate surface area is 171 Å². The molecule has 1 unspecified atom stereocenters. The quantitative estimate of drug-likeness (QED) is 0.695. The maximum absolute atomic E-state index is 13.2. The average molecular weight is 386 g/mol. The van der Waals surface area contributed by atoms with Crippen molar-refractivity contribution in [1.82, 2.24) is 14.9 Å². The number of anilines is 1. The monoisotopic (exact) mass is 386 g/mol. The summed E-state index contributed by atoms with van der Waals surface area (Å²) >= 11 is 0. The molecule has 1 amide bonds. The fraction of sp³-hybridized carbons (Fsp3) is 0.292. The molecule has 3 aromatic rings. The number of piperidine rings is 1. The van der Waals surface area contributed by atoms with E-state index in [9.17, 15) is 4.79 Å². The van der Waals surface area contributed by atoms with E-state index in [1.165, 1.54) is 12.0 Å². The Morgan fingerprint density at radius 2 is 1.79 bits per heavy atom. The van der Waals surface area contributed by atoms with Gasteiger partial charge in [-0.2, -0.15) is 0 Å². The summed E-state index contributed by atoms with van der Waals surface area (Å²) < 4.78 is 0. The zero-order chi connectivity index (χ0) is 20.1. The maximum Gasteiger partial charge on any atom is 0.257 e. The third-order valence-corrected chi connectivity index (χ3v) is 5.32. The van der Waals surface area contributed by atoms with Gasteiger partial charge in [0, 0.05) is 25.5 Å². The molecule has 0 spiro atoms. The molecule has 1 saturated heterocycles. The Kier molecular flexibility index (Phi) is 5.84. The van der Waals surface area contributed by atoms with Gasteiger partial charge in [-0.1, -0.05) is 35.9 Å². The van der Waals surface area contributed by atoms with Crippen LogP contribution in [0.3, 0.4) is 0 Å². The normalized spacial score (nSPS) is 15.0. The van der Waals surface area contributed by atoms with Crippen molar-refractivity contribution in [3.05, 3.63) is 89.4 Å². The number of aryl methyl sites for hydroxylation is 1. The molecule has 5 nitrogen and oxygen atoms in total. The van der Waals surface area contributed by atoms with Crippen LogP contribution in [0.5, 0.6) is 0 Å². The molecule has 2 aromatic heterocycles. The molecule has 0 radical (unpaired) electrons. The molecular weight excluding hydrogens is 360 g/mol. The molecule has 1 fully saturated rings. The van der Waals surface area contributed by atoms with Gasteiger partial charge in [0.2, 0.25) is 0 Å². The van der Waals surface area contributed by atoms with Crippen molar-refractivity contribution in [1.29, 1.82) is 0 Å². The van der Waals surface area contributed by atoms with Gasteiger partial charge in [-0.05, 0) is 56.0 Å². The van der Waals surface area contributed by atoms with Crippen LogP contribution in [-0.2, 0) is 0 Å². The van der Waals surface area contributed by atoms with Crippen LogP contribution in [0.2, 0.25) is 0 Å². The lowest BCUT2D eigenvalue weighted by Gasteiger charge is -2.28. The highest BCUT2D eigenvalue weighted by Crippen LogP contribution is 2.27.